The van der Waals surface area contributed by atoms with Gasteiger partial charge in [-0.3, -0.25) is 4.79 Å². The van der Waals surface area contributed by atoms with Crippen molar-refractivity contribution in [3.05, 3.63) is 24.0 Å². The average Bonchev–Trinajstić information content (AvgIpc) is 2.77. The molecule has 0 amide bonds. The van der Waals surface area contributed by atoms with Gasteiger partial charge in [-0.25, -0.2) is 4.98 Å². The minimum atomic E-state index is -0.221. The topological polar surface area (TPSA) is 79.4 Å². The maximum Gasteiger partial charge on any atom is 0.307 e. The lowest BCUT2D eigenvalue weighted by Gasteiger charge is -2.08. The second kappa shape index (κ2) is 6.38. The fraction of sp³-hybridized carbons (Fsp3) is 0.429. The van der Waals surface area contributed by atoms with Crippen LogP contribution < -0.4 is 5.73 Å². The SMILES string of the molecule is CCOC(=O)CCn1c(COC)nc2c(N)cccc21. The number of methoxy groups -OCH3 is 1. The van der Waals surface area contributed by atoms with Crippen LogP contribution in [-0.2, 0) is 27.4 Å². The summed E-state index contributed by atoms with van der Waals surface area (Å²) < 4.78 is 12.0. The van der Waals surface area contributed by atoms with E-state index in [0.717, 1.165) is 16.9 Å². The highest BCUT2D eigenvalue weighted by atomic mass is 16.5. The summed E-state index contributed by atoms with van der Waals surface area (Å²) in [6, 6.07) is 5.61. The Kier molecular flexibility index (Phi) is 4.57. The predicted molar refractivity (Wildman–Crippen MR) is 76.1 cm³/mol. The Morgan fingerprint density at radius 2 is 2.25 bits per heavy atom. The quantitative estimate of drug-likeness (QED) is 0.642. The van der Waals surface area contributed by atoms with Gasteiger partial charge in [-0.05, 0) is 19.1 Å². The highest BCUT2D eigenvalue weighted by Crippen LogP contribution is 2.22. The van der Waals surface area contributed by atoms with Gasteiger partial charge in [-0.1, -0.05) is 6.07 Å². The summed E-state index contributed by atoms with van der Waals surface area (Å²) in [5.74, 6) is 0.534. The summed E-state index contributed by atoms with van der Waals surface area (Å²) in [5, 5.41) is 0. The second-order valence-corrected chi connectivity index (χ2v) is 4.38. The fourth-order valence-electron chi connectivity index (χ4n) is 2.14. The number of nitrogens with zero attached hydrogens (tertiary/aromatic N) is 2. The largest absolute Gasteiger partial charge is 0.466 e. The van der Waals surface area contributed by atoms with E-state index in [2.05, 4.69) is 4.98 Å². The molecule has 0 saturated carbocycles. The van der Waals surface area contributed by atoms with Gasteiger partial charge in [0.15, 0.2) is 0 Å². The average molecular weight is 277 g/mol. The summed E-state index contributed by atoms with van der Waals surface area (Å²) in [6.07, 6.45) is 0.296. The number of hydrogen-bond donors (Lipinski definition) is 1. The maximum atomic E-state index is 11.5. The van der Waals surface area contributed by atoms with Crippen molar-refractivity contribution in [2.24, 2.45) is 0 Å². The molecule has 0 radical (unpaired) electrons. The molecule has 2 aromatic rings. The normalized spacial score (nSPS) is 10.9. The van der Waals surface area contributed by atoms with Crippen LogP contribution in [0.25, 0.3) is 11.0 Å². The number of fused-ring (bicyclic) bond motifs is 1. The first-order valence-corrected chi connectivity index (χ1v) is 6.55. The van der Waals surface area contributed by atoms with Crippen molar-refractivity contribution < 1.29 is 14.3 Å². The number of carbonyl (C=O) groups excluding carboxylic acids is 1. The van der Waals surface area contributed by atoms with Crippen LogP contribution >= 0.6 is 0 Å². The molecular weight excluding hydrogens is 258 g/mol. The number of nitrogens with two attached hydrogens (primary N) is 1. The highest BCUT2D eigenvalue weighted by Gasteiger charge is 2.13. The number of nitrogen functional groups attached to an aromatic ring is 1. The first-order chi connectivity index (χ1) is 9.67. The molecule has 0 saturated heterocycles. The minimum Gasteiger partial charge on any atom is -0.466 e. The zero-order valence-corrected chi connectivity index (χ0v) is 11.8. The van der Waals surface area contributed by atoms with Crippen molar-refractivity contribution in [3.8, 4) is 0 Å². The predicted octanol–water partition coefficient (Wildman–Crippen LogP) is 1.72. The van der Waals surface area contributed by atoms with Crippen molar-refractivity contribution in [1.82, 2.24) is 9.55 Å². The van der Waals surface area contributed by atoms with E-state index in [1.807, 2.05) is 22.8 Å². The molecule has 0 unspecified atom stereocenters. The van der Waals surface area contributed by atoms with Crippen molar-refractivity contribution in [2.75, 3.05) is 19.5 Å². The molecule has 0 atom stereocenters. The zero-order chi connectivity index (χ0) is 14.5. The summed E-state index contributed by atoms with van der Waals surface area (Å²) in [6.45, 7) is 3.05. The molecule has 1 heterocycles. The molecular formula is C14H19N3O3. The van der Waals surface area contributed by atoms with E-state index in [-0.39, 0.29) is 5.97 Å². The molecule has 1 aromatic heterocycles. The van der Waals surface area contributed by atoms with Crippen LogP contribution in [0.3, 0.4) is 0 Å². The monoisotopic (exact) mass is 277 g/mol. The zero-order valence-electron chi connectivity index (χ0n) is 11.8. The van der Waals surface area contributed by atoms with Gasteiger partial charge in [-0.15, -0.1) is 0 Å². The molecule has 0 aliphatic heterocycles. The Labute approximate surface area is 117 Å². The van der Waals surface area contributed by atoms with E-state index in [1.165, 1.54) is 0 Å². The number of aromatic nitrogens is 2. The first-order valence-electron chi connectivity index (χ1n) is 6.55. The van der Waals surface area contributed by atoms with Crippen LogP contribution in [0.4, 0.5) is 5.69 Å². The van der Waals surface area contributed by atoms with Crippen LogP contribution in [0.15, 0.2) is 18.2 Å². The Hall–Kier alpha value is -2.08. The van der Waals surface area contributed by atoms with E-state index in [9.17, 15) is 4.79 Å². The number of benzene rings is 1. The van der Waals surface area contributed by atoms with Gasteiger partial charge in [-0.2, -0.15) is 0 Å². The molecule has 20 heavy (non-hydrogen) atoms. The lowest BCUT2D eigenvalue weighted by atomic mass is 10.2. The van der Waals surface area contributed by atoms with E-state index in [1.54, 1.807) is 14.0 Å². The van der Waals surface area contributed by atoms with Crippen molar-refractivity contribution in [1.29, 1.82) is 0 Å². The van der Waals surface area contributed by atoms with Crippen LogP contribution in [0.5, 0.6) is 0 Å². The molecule has 0 fully saturated rings. The van der Waals surface area contributed by atoms with E-state index in [4.69, 9.17) is 15.2 Å². The van der Waals surface area contributed by atoms with E-state index < -0.39 is 0 Å². The van der Waals surface area contributed by atoms with Gasteiger partial charge >= 0.3 is 5.97 Å². The molecule has 108 valence electrons. The number of para-hydroxylation sites is 1. The number of esters is 1. The molecule has 0 aliphatic rings. The van der Waals surface area contributed by atoms with Gasteiger partial charge < -0.3 is 19.8 Å². The van der Waals surface area contributed by atoms with Crippen molar-refractivity contribution in [2.45, 2.75) is 26.5 Å². The number of imidazole rings is 1. The molecule has 6 nitrogen and oxygen atoms in total. The number of rotatable bonds is 6. The second-order valence-electron chi connectivity index (χ2n) is 4.38. The highest BCUT2D eigenvalue weighted by molar-refractivity contribution is 5.87. The number of aryl methyl sites for hydroxylation is 1. The van der Waals surface area contributed by atoms with Gasteiger partial charge in [0.2, 0.25) is 0 Å². The third-order valence-corrected chi connectivity index (χ3v) is 3.01. The number of carbonyl (C=O) groups is 1. The standard InChI is InChI=1S/C14H19N3O3/c1-3-20-13(18)7-8-17-11-6-4-5-10(15)14(11)16-12(17)9-19-2/h4-6H,3,7-9,15H2,1-2H3. The lowest BCUT2D eigenvalue weighted by molar-refractivity contribution is -0.143. The molecule has 0 bridgehead atoms. The Morgan fingerprint density at radius 3 is 2.95 bits per heavy atom. The third kappa shape index (κ3) is 2.91. The Balaban J connectivity index is 2.31. The number of hydrogen-bond acceptors (Lipinski definition) is 5. The third-order valence-electron chi connectivity index (χ3n) is 3.01. The minimum absolute atomic E-state index is 0.221. The molecule has 6 heteroatoms. The van der Waals surface area contributed by atoms with Crippen LogP contribution in [-0.4, -0.2) is 29.2 Å². The van der Waals surface area contributed by atoms with Crippen LogP contribution in [0.2, 0.25) is 0 Å². The summed E-state index contributed by atoms with van der Waals surface area (Å²) >= 11 is 0. The molecule has 0 spiro atoms. The maximum absolute atomic E-state index is 11.5. The molecule has 2 N–H and O–H groups in total. The van der Waals surface area contributed by atoms with Gasteiger partial charge in [0.25, 0.3) is 0 Å². The summed E-state index contributed by atoms with van der Waals surface area (Å²) in [7, 11) is 1.61. The Morgan fingerprint density at radius 1 is 1.45 bits per heavy atom. The molecule has 1 aromatic carbocycles. The van der Waals surface area contributed by atoms with Crippen LogP contribution in [0, 0.1) is 0 Å². The number of anilines is 1. The fourth-order valence-corrected chi connectivity index (χ4v) is 2.14. The summed E-state index contributed by atoms with van der Waals surface area (Å²) in [5.41, 5.74) is 8.19. The van der Waals surface area contributed by atoms with Gasteiger partial charge in [0.05, 0.1) is 24.2 Å². The first kappa shape index (κ1) is 14.3. The van der Waals surface area contributed by atoms with Gasteiger partial charge in [0.1, 0.15) is 17.9 Å². The van der Waals surface area contributed by atoms with E-state index in [0.29, 0.717) is 31.9 Å². The molecule has 2 rings (SSSR count). The summed E-state index contributed by atoms with van der Waals surface area (Å²) in [4.78, 5) is 16.0. The smallest absolute Gasteiger partial charge is 0.307 e. The Bertz CT molecular complexity index is 607. The van der Waals surface area contributed by atoms with Crippen LogP contribution in [0.1, 0.15) is 19.2 Å². The van der Waals surface area contributed by atoms with Crippen molar-refractivity contribution in [3.63, 3.8) is 0 Å². The lowest BCUT2D eigenvalue weighted by Crippen LogP contribution is -2.11. The van der Waals surface area contributed by atoms with E-state index >= 15 is 0 Å². The van der Waals surface area contributed by atoms with Crippen molar-refractivity contribution >= 4 is 22.7 Å². The molecule has 0 aliphatic carbocycles. The number of ether oxygens (including phenoxy) is 2. The van der Waals surface area contributed by atoms with Gasteiger partial charge in [0, 0.05) is 13.7 Å².